The van der Waals surface area contributed by atoms with Crippen LogP contribution in [-0.4, -0.2) is 40.0 Å². The maximum absolute atomic E-state index is 13.8. The number of carbonyl (C=O) groups is 1. The van der Waals surface area contributed by atoms with Gasteiger partial charge < -0.3 is 4.74 Å². The molecule has 5 nitrogen and oxygen atoms in total. The summed E-state index contributed by atoms with van der Waals surface area (Å²) in [6.45, 7) is 0.991. The van der Waals surface area contributed by atoms with Gasteiger partial charge in [-0.1, -0.05) is 35.5 Å². The first-order chi connectivity index (χ1) is 13.1. The molecule has 27 heavy (non-hydrogen) atoms. The van der Waals surface area contributed by atoms with Crippen molar-refractivity contribution in [3.63, 3.8) is 0 Å². The first-order valence-corrected chi connectivity index (χ1v) is 9.55. The van der Waals surface area contributed by atoms with Crippen molar-refractivity contribution in [1.82, 2.24) is 14.8 Å². The highest BCUT2D eigenvalue weighted by Gasteiger charge is 2.17. The Kier molecular flexibility index (Phi) is 6.60. The van der Waals surface area contributed by atoms with Gasteiger partial charge in [-0.15, -0.1) is 10.2 Å². The van der Waals surface area contributed by atoms with Gasteiger partial charge in [0.1, 0.15) is 5.82 Å². The SMILES string of the molecule is COCCn1c(SCC(=O)c2ccccc2F)nnc1-c1ccc(Cl)cc1. The van der Waals surface area contributed by atoms with E-state index in [2.05, 4.69) is 10.2 Å². The Morgan fingerprint density at radius 1 is 1.19 bits per heavy atom. The molecule has 0 saturated carbocycles. The molecule has 3 rings (SSSR count). The van der Waals surface area contributed by atoms with E-state index in [4.69, 9.17) is 16.3 Å². The summed E-state index contributed by atoms with van der Waals surface area (Å²) in [4.78, 5) is 12.3. The molecule has 0 saturated heterocycles. The Morgan fingerprint density at radius 2 is 1.93 bits per heavy atom. The van der Waals surface area contributed by atoms with Crippen LogP contribution in [0.15, 0.2) is 53.7 Å². The number of ketones is 1. The van der Waals surface area contributed by atoms with Crippen LogP contribution in [-0.2, 0) is 11.3 Å². The molecule has 140 valence electrons. The summed E-state index contributed by atoms with van der Waals surface area (Å²) in [6, 6.07) is 13.2. The summed E-state index contributed by atoms with van der Waals surface area (Å²) < 4.78 is 20.8. The summed E-state index contributed by atoms with van der Waals surface area (Å²) in [5, 5.41) is 9.64. The molecule has 0 aliphatic carbocycles. The summed E-state index contributed by atoms with van der Waals surface area (Å²) in [5.41, 5.74) is 0.932. The molecule has 0 aliphatic rings. The Balaban J connectivity index is 1.81. The minimum Gasteiger partial charge on any atom is -0.383 e. The lowest BCUT2D eigenvalue weighted by Gasteiger charge is -2.09. The second kappa shape index (κ2) is 9.12. The topological polar surface area (TPSA) is 57.0 Å². The highest BCUT2D eigenvalue weighted by atomic mass is 35.5. The van der Waals surface area contributed by atoms with E-state index >= 15 is 0 Å². The third-order valence-corrected chi connectivity index (χ3v) is 5.06. The quantitative estimate of drug-likeness (QED) is 0.411. The molecule has 8 heteroatoms. The van der Waals surface area contributed by atoms with Crippen molar-refractivity contribution in [2.45, 2.75) is 11.7 Å². The van der Waals surface area contributed by atoms with Gasteiger partial charge in [0, 0.05) is 17.7 Å². The Labute approximate surface area is 165 Å². The number of hydrogen-bond acceptors (Lipinski definition) is 5. The normalized spacial score (nSPS) is 10.9. The Morgan fingerprint density at radius 3 is 2.63 bits per heavy atom. The predicted molar refractivity (Wildman–Crippen MR) is 104 cm³/mol. The number of hydrogen-bond donors (Lipinski definition) is 0. The summed E-state index contributed by atoms with van der Waals surface area (Å²) in [7, 11) is 1.61. The van der Waals surface area contributed by atoms with Gasteiger partial charge in [-0.2, -0.15) is 0 Å². The average molecular weight is 406 g/mol. The predicted octanol–water partition coefficient (Wildman–Crippen LogP) is 4.36. The first-order valence-electron chi connectivity index (χ1n) is 8.18. The fourth-order valence-electron chi connectivity index (χ4n) is 2.49. The van der Waals surface area contributed by atoms with Crippen molar-refractivity contribution in [3.8, 4) is 11.4 Å². The van der Waals surface area contributed by atoms with E-state index < -0.39 is 5.82 Å². The molecule has 0 N–H and O–H groups in total. The average Bonchev–Trinajstić information content (AvgIpc) is 3.08. The molecule has 0 fully saturated rings. The van der Waals surface area contributed by atoms with Crippen LogP contribution < -0.4 is 0 Å². The number of thioether (sulfide) groups is 1. The van der Waals surface area contributed by atoms with Crippen molar-refractivity contribution in [2.24, 2.45) is 0 Å². The largest absolute Gasteiger partial charge is 0.383 e. The third kappa shape index (κ3) is 4.74. The lowest BCUT2D eigenvalue weighted by atomic mass is 10.1. The van der Waals surface area contributed by atoms with Gasteiger partial charge in [-0.3, -0.25) is 9.36 Å². The van der Waals surface area contributed by atoms with Crippen molar-refractivity contribution < 1.29 is 13.9 Å². The van der Waals surface area contributed by atoms with E-state index in [1.165, 1.54) is 23.9 Å². The van der Waals surface area contributed by atoms with Gasteiger partial charge in [0.05, 0.1) is 24.5 Å². The molecule has 2 aromatic carbocycles. The minimum atomic E-state index is -0.522. The van der Waals surface area contributed by atoms with E-state index in [1.807, 2.05) is 16.7 Å². The van der Waals surface area contributed by atoms with Crippen LogP contribution in [0, 0.1) is 5.82 Å². The number of carbonyl (C=O) groups excluding carboxylic acids is 1. The fourth-order valence-corrected chi connectivity index (χ4v) is 3.46. The highest BCUT2D eigenvalue weighted by Crippen LogP contribution is 2.26. The van der Waals surface area contributed by atoms with Crippen LogP contribution >= 0.6 is 23.4 Å². The number of ether oxygens (including phenoxy) is 1. The Hall–Kier alpha value is -2.22. The minimum absolute atomic E-state index is 0.0622. The fraction of sp³-hybridized carbons (Fsp3) is 0.211. The van der Waals surface area contributed by atoms with E-state index in [1.54, 1.807) is 31.4 Å². The smallest absolute Gasteiger partial charge is 0.192 e. The maximum atomic E-state index is 13.8. The molecule has 1 aromatic heterocycles. The zero-order valence-electron chi connectivity index (χ0n) is 14.6. The van der Waals surface area contributed by atoms with Gasteiger partial charge in [-0.05, 0) is 36.4 Å². The molecule has 0 spiro atoms. The molecule has 3 aromatic rings. The van der Waals surface area contributed by atoms with Crippen LogP contribution in [0.4, 0.5) is 4.39 Å². The number of benzene rings is 2. The van der Waals surface area contributed by atoms with Crippen molar-refractivity contribution >= 4 is 29.1 Å². The Bertz CT molecular complexity index is 931. The van der Waals surface area contributed by atoms with Crippen molar-refractivity contribution in [3.05, 3.63) is 64.9 Å². The van der Waals surface area contributed by atoms with E-state index in [-0.39, 0.29) is 17.1 Å². The van der Waals surface area contributed by atoms with Crippen LogP contribution in [0.5, 0.6) is 0 Å². The van der Waals surface area contributed by atoms with Crippen LogP contribution in [0.3, 0.4) is 0 Å². The maximum Gasteiger partial charge on any atom is 0.192 e. The molecule has 0 radical (unpaired) electrons. The van der Waals surface area contributed by atoms with Crippen molar-refractivity contribution in [1.29, 1.82) is 0 Å². The summed E-state index contributed by atoms with van der Waals surface area (Å²) in [5.74, 6) is -0.102. The standard InChI is InChI=1S/C19H17ClFN3O2S/c1-26-11-10-24-18(13-6-8-14(20)9-7-13)22-23-19(24)27-12-17(25)15-4-2-3-5-16(15)21/h2-9H,10-12H2,1H3. The van der Waals surface area contributed by atoms with Crippen LogP contribution in [0.1, 0.15) is 10.4 Å². The van der Waals surface area contributed by atoms with Gasteiger partial charge in [0.25, 0.3) is 0 Å². The van der Waals surface area contributed by atoms with E-state index in [9.17, 15) is 9.18 Å². The highest BCUT2D eigenvalue weighted by molar-refractivity contribution is 7.99. The summed E-state index contributed by atoms with van der Waals surface area (Å²) >= 11 is 7.17. The number of Topliss-reactive ketones (excluding diaryl/α,β-unsaturated/α-hetero) is 1. The van der Waals surface area contributed by atoms with Gasteiger partial charge >= 0.3 is 0 Å². The molecule has 0 aliphatic heterocycles. The number of nitrogens with zero attached hydrogens (tertiary/aromatic N) is 3. The van der Waals surface area contributed by atoms with Gasteiger partial charge in [-0.25, -0.2) is 4.39 Å². The van der Waals surface area contributed by atoms with Crippen molar-refractivity contribution in [2.75, 3.05) is 19.5 Å². The monoisotopic (exact) mass is 405 g/mol. The zero-order valence-corrected chi connectivity index (χ0v) is 16.1. The van der Waals surface area contributed by atoms with Crippen LogP contribution in [0.25, 0.3) is 11.4 Å². The van der Waals surface area contributed by atoms with E-state index in [0.29, 0.717) is 29.2 Å². The zero-order chi connectivity index (χ0) is 19.2. The molecule has 1 heterocycles. The number of aromatic nitrogens is 3. The second-order valence-electron chi connectivity index (χ2n) is 5.65. The first kappa shape index (κ1) is 19.5. The van der Waals surface area contributed by atoms with Gasteiger partial charge in [0.15, 0.2) is 16.8 Å². The molecule has 0 bridgehead atoms. The molecule has 0 atom stereocenters. The van der Waals surface area contributed by atoms with Crippen LogP contribution in [0.2, 0.25) is 5.02 Å². The number of halogens is 2. The third-order valence-electron chi connectivity index (χ3n) is 3.84. The van der Waals surface area contributed by atoms with E-state index in [0.717, 1.165) is 5.56 Å². The lowest BCUT2D eigenvalue weighted by Crippen LogP contribution is -2.10. The molecular formula is C19H17ClFN3O2S. The molecular weight excluding hydrogens is 389 g/mol. The lowest BCUT2D eigenvalue weighted by molar-refractivity contribution is 0.101. The number of rotatable bonds is 8. The molecule has 0 amide bonds. The van der Waals surface area contributed by atoms with Gasteiger partial charge in [0.2, 0.25) is 0 Å². The number of methoxy groups -OCH3 is 1. The second-order valence-corrected chi connectivity index (χ2v) is 7.03. The summed E-state index contributed by atoms with van der Waals surface area (Å²) in [6.07, 6.45) is 0. The molecule has 0 unspecified atom stereocenters.